The van der Waals surface area contributed by atoms with Gasteiger partial charge in [-0.2, -0.15) is 0 Å². The van der Waals surface area contributed by atoms with Crippen LogP contribution in [0.5, 0.6) is 0 Å². The Morgan fingerprint density at radius 2 is 2.16 bits per heavy atom. The van der Waals surface area contributed by atoms with E-state index in [9.17, 15) is 8.42 Å². The van der Waals surface area contributed by atoms with Crippen LogP contribution in [0, 0.1) is 0 Å². The van der Waals surface area contributed by atoms with Gasteiger partial charge in [-0.15, -0.1) is 0 Å². The Balaban J connectivity index is 2.19. The van der Waals surface area contributed by atoms with E-state index in [1.54, 1.807) is 24.4 Å². The van der Waals surface area contributed by atoms with Gasteiger partial charge in [0.05, 0.1) is 12.8 Å². The average molecular weight is 281 g/mol. The monoisotopic (exact) mass is 281 g/mol. The molecule has 7 heteroatoms. The molecule has 0 aliphatic heterocycles. The fraction of sp³-hybridized carbons (Fsp3) is 0.250. The number of anilines is 1. The van der Waals surface area contributed by atoms with E-state index in [4.69, 9.17) is 4.42 Å². The van der Waals surface area contributed by atoms with Crippen LogP contribution < -0.4 is 10.0 Å². The molecular formula is C12H15N3O3S. The van der Waals surface area contributed by atoms with Crippen molar-refractivity contribution in [1.29, 1.82) is 0 Å². The first-order chi connectivity index (χ1) is 9.13. The van der Waals surface area contributed by atoms with Crippen molar-refractivity contribution in [1.82, 2.24) is 9.71 Å². The van der Waals surface area contributed by atoms with Crippen molar-refractivity contribution < 1.29 is 12.8 Å². The lowest BCUT2D eigenvalue weighted by molar-refractivity contribution is 0.498. The molecule has 2 rings (SSSR count). The summed E-state index contributed by atoms with van der Waals surface area (Å²) in [6, 6.07) is 6.51. The zero-order valence-corrected chi connectivity index (χ0v) is 11.3. The second kappa shape index (κ2) is 5.85. The molecule has 0 radical (unpaired) electrons. The minimum atomic E-state index is -3.62. The van der Waals surface area contributed by atoms with Crippen LogP contribution in [0.4, 0.5) is 5.82 Å². The largest absolute Gasteiger partial charge is 0.468 e. The lowest BCUT2D eigenvalue weighted by Gasteiger charge is -2.10. The number of pyridine rings is 1. The molecule has 0 spiro atoms. The average Bonchev–Trinajstić information content (AvgIpc) is 2.91. The van der Waals surface area contributed by atoms with Crippen LogP contribution in [0.1, 0.15) is 12.7 Å². The van der Waals surface area contributed by atoms with Gasteiger partial charge in [0.15, 0.2) is 0 Å². The molecule has 0 saturated heterocycles. The van der Waals surface area contributed by atoms with Crippen LogP contribution in [0.15, 0.2) is 46.0 Å². The molecule has 0 aromatic carbocycles. The second-order valence-electron chi connectivity index (χ2n) is 3.78. The van der Waals surface area contributed by atoms with Crippen molar-refractivity contribution in [3.05, 3.63) is 42.5 Å². The van der Waals surface area contributed by atoms with Gasteiger partial charge in [-0.3, -0.25) is 0 Å². The third-order valence-corrected chi connectivity index (χ3v) is 3.85. The van der Waals surface area contributed by atoms with E-state index >= 15 is 0 Å². The summed E-state index contributed by atoms with van der Waals surface area (Å²) in [5, 5.41) is 2.92. The molecule has 2 heterocycles. The van der Waals surface area contributed by atoms with Crippen LogP contribution in [0.2, 0.25) is 0 Å². The number of nitrogens with one attached hydrogen (secondary N) is 2. The lowest BCUT2D eigenvalue weighted by Crippen LogP contribution is -2.24. The molecule has 0 aliphatic rings. The van der Waals surface area contributed by atoms with Gasteiger partial charge in [0.25, 0.3) is 0 Å². The normalized spacial score (nSPS) is 11.4. The molecule has 0 amide bonds. The number of hydrogen-bond acceptors (Lipinski definition) is 5. The number of rotatable bonds is 6. The summed E-state index contributed by atoms with van der Waals surface area (Å²) in [5.74, 6) is 0.898. The zero-order valence-electron chi connectivity index (χ0n) is 10.5. The van der Waals surface area contributed by atoms with Gasteiger partial charge in [0.2, 0.25) is 10.0 Å². The van der Waals surface area contributed by atoms with E-state index in [0.29, 0.717) is 18.1 Å². The molecule has 0 bridgehead atoms. The summed E-state index contributed by atoms with van der Waals surface area (Å²) < 4.78 is 31.9. The Kier molecular flexibility index (Phi) is 4.18. The molecule has 102 valence electrons. The maximum atomic E-state index is 12.2. The standard InChI is InChI=1S/C12H15N3O3S/c1-2-13-12-11(6-3-7-14-12)19(16,17)15-9-10-5-4-8-18-10/h3-8,15H,2,9H2,1H3,(H,13,14). The molecule has 6 nitrogen and oxygen atoms in total. The van der Waals surface area contributed by atoms with Crippen LogP contribution >= 0.6 is 0 Å². The Labute approximate surface area is 111 Å². The fourth-order valence-corrected chi connectivity index (χ4v) is 2.69. The van der Waals surface area contributed by atoms with Gasteiger partial charge in [0.1, 0.15) is 16.5 Å². The number of nitrogens with zero attached hydrogens (tertiary/aromatic N) is 1. The molecule has 2 aromatic rings. The third kappa shape index (κ3) is 3.33. The van der Waals surface area contributed by atoms with E-state index < -0.39 is 10.0 Å². The summed E-state index contributed by atoms with van der Waals surface area (Å²) in [4.78, 5) is 4.15. The van der Waals surface area contributed by atoms with Crippen LogP contribution in [-0.4, -0.2) is 19.9 Å². The summed E-state index contributed by atoms with van der Waals surface area (Å²) in [7, 11) is -3.62. The highest BCUT2D eigenvalue weighted by Crippen LogP contribution is 2.17. The quantitative estimate of drug-likeness (QED) is 0.840. The molecule has 2 aromatic heterocycles. The van der Waals surface area contributed by atoms with Gasteiger partial charge in [-0.05, 0) is 31.2 Å². The van der Waals surface area contributed by atoms with Crippen LogP contribution in [0.3, 0.4) is 0 Å². The highest BCUT2D eigenvalue weighted by Gasteiger charge is 2.19. The minimum Gasteiger partial charge on any atom is -0.468 e. The van der Waals surface area contributed by atoms with Crippen molar-refractivity contribution in [2.45, 2.75) is 18.4 Å². The topological polar surface area (TPSA) is 84.2 Å². The maximum Gasteiger partial charge on any atom is 0.244 e. The number of furan rings is 1. The van der Waals surface area contributed by atoms with E-state index in [1.807, 2.05) is 6.92 Å². The van der Waals surface area contributed by atoms with Crippen molar-refractivity contribution in [2.75, 3.05) is 11.9 Å². The van der Waals surface area contributed by atoms with Gasteiger partial charge >= 0.3 is 0 Å². The predicted molar refractivity (Wildman–Crippen MR) is 71.1 cm³/mol. The second-order valence-corrected chi connectivity index (χ2v) is 5.52. The molecular weight excluding hydrogens is 266 g/mol. The highest BCUT2D eigenvalue weighted by molar-refractivity contribution is 7.89. The van der Waals surface area contributed by atoms with Crippen molar-refractivity contribution in [3.63, 3.8) is 0 Å². The Morgan fingerprint density at radius 3 is 2.84 bits per heavy atom. The van der Waals surface area contributed by atoms with Gasteiger partial charge < -0.3 is 9.73 Å². The summed E-state index contributed by atoms with van der Waals surface area (Å²) in [6.45, 7) is 2.58. The number of hydrogen-bond donors (Lipinski definition) is 2. The fourth-order valence-electron chi connectivity index (χ4n) is 1.56. The first kappa shape index (κ1) is 13.6. The van der Waals surface area contributed by atoms with Gasteiger partial charge in [-0.1, -0.05) is 0 Å². The zero-order chi connectivity index (χ0) is 13.7. The van der Waals surface area contributed by atoms with E-state index in [2.05, 4.69) is 15.0 Å². The molecule has 0 fully saturated rings. The highest BCUT2D eigenvalue weighted by atomic mass is 32.2. The summed E-state index contributed by atoms with van der Waals surface area (Å²) in [6.07, 6.45) is 3.04. The minimum absolute atomic E-state index is 0.107. The molecule has 0 saturated carbocycles. The predicted octanol–water partition coefficient (Wildman–Crippen LogP) is 1.58. The summed E-state index contributed by atoms with van der Waals surface area (Å²) in [5.41, 5.74) is 0. The Morgan fingerprint density at radius 1 is 1.32 bits per heavy atom. The third-order valence-electron chi connectivity index (χ3n) is 2.42. The van der Waals surface area contributed by atoms with Crippen molar-refractivity contribution in [2.24, 2.45) is 0 Å². The molecule has 0 aliphatic carbocycles. The number of sulfonamides is 1. The van der Waals surface area contributed by atoms with Crippen LogP contribution in [-0.2, 0) is 16.6 Å². The number of aromatic nitrogens is 1. The van der Waals surface area contributed by atoms with E-state index in [1.165, 1.54) is 12.3 Å². The first-order valence-corrected chi connectivity index (χ1v) is 7.32. The molecule has 2 N–H and O–H groups in total. The first-order valence-electron chi connectivity index (χ1n) is 5.84. The van der Waals surface area contributed by atoms with E-state index in [0.717, 1.165) is 0 Å². The summed E-state index contributed by atoms with van der Waals surface area (Å²) >= 11 is 0. The van der Waals surface area contributed by atoms with Crippen LogP contribution in [0.25, 0.3) is 0 Å². The van der Waals surface area contributed by atoms with Gasteiger partial charge in [-0.25, -0.2) is 18.1 Å². The molecule has 0 unspecified atom stereocenters. The molecule has 0 atom stereocenters. The molecule has 19 heavy (non-hydrogen) atoms. The lowest BCUT2D eigenvalue weighted by atomic mass is 10.4. The maximum absolute atomic E-state index is 12.2. The van der Waals surface area contributed by atoms with Crippen molar-refractivity contribution >= 4 is 15.8 Å². The Hall–Kier alpha value is -1.86. The van der Waals surface area contributed by atoms with Crippen molar-refractivity contribution in [3.8, 4) is 0 Å². The SMILES string of the molecule is CCNc1ncccc1S(=O)(=O)NCc1ccco1. The Bertz CT molecular complexity index is 623. The van der Waals surface area contributed by atoms with Gasteiger partial charge in [0, 0.05) is 12.7 Å². The smallest absolute Gasteiger partial charge is 0.244 e. The van der Waals surface area contributed by atoms with E-state index in [-0.39, 0.29) is 11.4 Å².